The Bertz CT molecular complexity index is 1020. The Hall–Kier alpha value is -1.30. The van der Waals surface area contributed by atoms with E-state index in [0.29, 0.717) is 36.7 Å². The van der Waals surface area contributed by atoms with Gasteiger partial charge in [-0.05, 0) is 87.9 Å². The van der Waals surface area contributed by atoms with Crippen LogP contribution in [0.3, 0.4) is 0 Å². The van der Waals surface area contributed by atoms with Crippen molar-refractivity contribution in [2.75, 3.05) is 27.4 Å². The molecule has 10 heteroatoms. The molecule has 10 nitrogen and oxygen atoms in total. The summed E-state index contributed by atoms with van der Waals surface area (Å²) in [6.07, 6.45) is 4.42. The second-order valence-corrected chi connectivity index (χ2v) is 15.6. The quantitative estimate of drug-likeness (QED) is 0.280. The first-order valence-corrected chi connectivity index (χ1v) is 16.2. The second-order valence-electron chi connectivity index (χ2n) is 15.6. The Morgan fingerprint density at radius 3 is 1.73 bits per heavy atom. The van der Waals surface area contributed by atoms with Crippen LogP contribution >= 0.6 is 0 Å². The number of ether oxygens (including phenoxy) is 6. The number of rotatable bonds is 8. The van der Waals surface area contributed by atoms with E-state index in [-0.39, 0.29) is 41.6 Å². The standard InChI is InChI=1S/C16H26O4.C13H22O4.C5H12O2/c1-10(17)18-7-6-16-12-8-11(14(12,2)3)9-13(16)19-15(4,5)20-16;1-8(14)17-5-4-13(16)10-6-9(7-11(13)15)12(10,2)3;1-5(2,6-3)7-4/h11-13H,6-9H2,1-5H3;9-11,15-16H,4-7H2,1-3H3;1-4H3/t11?,12?,13?,16-;9?,10?,11?,13-;/m11./s1. The van der Waals surface area contributed by atoms with E-state index in [1.165, 1.54) is 20.3 Å². The highest BCUT2D eigenvalue weighted by Gasteiger charge is 2.70. The number of methoxy groups -OCH3 is 2. The summed E-state index contributed by atoms with van der Waals surface area (Å²) in [5.74, 6) is 0.333. The van der Waals surface area contributed by atoms with Gasteiger partial charge in [0.15, 0.2) is 11.6 Å². The molecule has 1 heterocycles. The van der Waals surface area contributed by atoms with Crippen LogP contribution < -0.4 is 0 Å². The van der Waals surface area contributed by atoms with Crippen molar-refractivity contribution in [2.24, 2.45) is 34.5 Å². The number of carbonyl (C=O) groups excluding carboxylic acids is 2. The van der Waals surface area contributed by atoms with E-state index in [9.17, 15) is 19.8 Å². The molecule has 1 aliphatic heterocycles. The van der Waals surface area contributed by atoms with Crippen LogP contribution in [0.5, 0.6) is 0 Å². The minimum absolute atomic E-state index is 0.0875. The molecule has 0 radical (unpaired) electrons. The lowest BCUT2D eigenvalue weighted by Crippen LogP contribution is -2.67. The number of hydrogen-bond acceptors (Lipinski definition) is 10. The van der Waals surface area contributed by atoms with Crippen LogP contribution in [0.2, 0.25) is 0 Å². The van der Waals surface area contributed by atoms with Gasteiger partial charge in [0.05, 0.1) is 31.0 Å². The van der Waals surface area contributed by atoms with E-state index in [1.807, 2.05) is 27.7 Å². The summed E-state index contributed by atoms with van der Waals surface area (Å²) in [4.78, 5) is 21.8. The van der Waals surface area contributed by atoms with Gasteiger partial charge in [-0.1, -0.05) is 27.7 Å². The molecule has 0 aromatic heterocycles. The average molecular weight is 629 g/mol. The van der Waals surface area contributed by atoms with Gasteiger partial charge in [0, 0.05) is 40.9 Å². The van der Waals surface area contributed by atoms with Crippen molar-refractivity contribution in [1.29, 1.82) is 0 Å². The number of carbonyl (C=O) groups is 2. The van der Waals surface area contributed by atoms with Crippen LogP contribution in [0.15, 0.2) is 0 Å². The molecule has 8 atom stereocenters. The van der Waals surface area contributed by atoms with Crippen LogP contribution in [-0.2, 0) is 38.0 Å². The molecule has 6 saturated carbocycles. The first-order chi connectivity index (χ1) is 20.1. The number of hydrogen-bond donors (Lipinski definition) is 2. The SMILES string of the molecule is CC(=O)OCC[C@]1(O)C(O)CC2CC1C2(C)C.CC(=O)OCC[C@]12OC(C)(C)OC1CC1CC2C1(C)C.COC(C)(C)OC. The maximum atomic E-state index is 11.0. The van der Waals surface area contributed by atoms with Gasteiger partial charge in [0.1, 0.15) is 5.60 Å². The van der Waals surface area contributed by atoms with Gasteiger partial charge in [-0.2, -0.15) is 0 Å². The molecular weight excluding hydrogens is 568 g/mol. The summed E-state index contributed by atoms with van der Waals surface area (Å²) < 4.78 is 32.3. The van der Waals surface area contributed by atoms with Crippen LogP contribution in [-0.4, -0.2) is 84.6 Å². The van der Waals surface area contributed by atoms with Gasteiger partial charge in [0.25, 0.3) is 0 Å². The molecule has 2 N–H and O–H groups in total. The summed E-state index contributed by atoms with van der Waals surface area (Å²) in [7, 11) is 3.23. The number of aliphatic hydroxyl groups excluding tert-OH is 1. The highest BCUT2D eigenvalue weighted by molar-refractivity contribution is 5.66. The van der Waals surface area contributed by atoms with Gasteiger partial charge >= 0.3 is 11.9 Å². The summed E-state index contributed by atoms with van der Waals surface area (Å²) in [6.45, 7) is 20.1. The normalized spacial score (nSPS) is 38.2. The van der Waals surface area contributed by atoms with Crippen LogP contribution in [0.1, 0.15) is 108 Å². The Balaban J connectivity index is 0.000000201. The monoisotopic (exact) mass is 628 g/mol. The second kappa shape index (κ2) is 13.1. The van der Waals surface area contributed by atoms with Gasteiger partial charge < -0.3 is 38.6 Å². The predicted octanol–water partition coefficient (Wildman–Crippen LogP) is 5.01. The molecule has 0 aromatic rings. The van der Waals surface area contributed by atoms with E-state index in [2.05, 4.69) is 27.7 Å². The molecule has 7 fully saturated rings. The van der Waals surface area contributed by atoms with Crippen molar-refractivity contribution in [3.05, 3.63) is 0 Å². The first-order valence-electron chi connectivity index (χ1n) is 16.2. The Labute approximate surface area is 264 Å². The molecule has 7 rings (SSSR count). The summed E-state index contributed by atoms with van der Waals surface area (Å²) in [5, 5.41) is 20.7. The fourth-order valence-corrected chi connectivity index (χ4v) is 8.53. The lowest BCUT2D eigenvalue weighted by molar-refractivity contribution is -0.258. The highest BCUT2D eigenvalue weighted by atomic mass is 16.8. The first kappa shape index (κ1) is 37.2. The highest BCUT2D eigenvalue weighted by Crippen LogP contribution is 2.68. The maximum Gasteiger partial charge on any atom is 0.302 e. The van der Waals surface area contributed by atoms with Gasteiger partial charge in [0.2, 0.25) is 0 Å². The molecule has 0 aromatic carbocycles. The average Bonchev–Trinajstić information content (AvgIpc) is 3.19. The molecule has 0 spiro atoms. The van der Waals surface area contributed by atoms with Crippen LogP contribution in [0, 0.1) is 34.5 Å². The fourth-order valence-electron chi connectivity index (χ4n) is 8.53. The third-order valence-electron chi connectivity index (χ3n) is 11.7. The van der Waals surface area contributed by atoms with Gasteiger partial charge in [-0.15, -0.1) is 0 Å². The lowest BCUT2D eigenvalue weighted by Gasteiger charge is -2.65. The molecule has 256 valence electrons. The summed E-state index contributed by atoms with van der Waals surface area (Å²) >= 11 is 0. The molecule has 6 unspecified atom stereocenters. The minimum Gasteiger partial charge on any atom is -0.466 e. The predicted molar refractivity (Wildman–Crippen MR) is 164 cm³/mol. The zero-order valence-corrected chi connectivity index (χ0v) is 29.3. The number of fused-ring (bicyclic) bond motifs is 2. The number of esters is 2. The molecule has 1 saturated heterocycles. The third-order valence-corrected chi connectivity index (χ3v) is 11.7. The summed E-state index contributed by atoms with van der Waals surface area (Å²) in [6, 6.07) is 0. The van der Waals surface area contributed by atoms with Crippen molar-refractivity contribution in [2.45, 2.75) is 143 Å². The fraction of sp³-hybridized carbons (Fsp3) is 0.941. The minimum atomic E-state index is -1.09. The van der Waals surface area contributed by atoms with Crippen molar-refractivity contribution >= 4 is 11.9 Å². The van der Waals surface area contributed by atoms with E-state index in [1.54, 1.807) is 14.2 Å². The van der Waals surface area contributed by atoms with Crippen molar-refractivity contribution in [3.63, 3.8) is 0 Å². The molecule has 44 heavy (non-hydrogen) atoms. The van der Waals surface area contributed by atoms with Crippen molar-refractivity contribution in [1.82, 2.24) is 0 Å². The van der Waals surface area contributed by atoms with Crippen LogP contribution in [0.4, 0.5) is 0 Å². The Morgan fingerprint density at radius 2 is 1.27 bits per heavy atom. The van der Waals surface area contributed by atoms with Crippen molar-refractivity contribution < 1.29 is 48.2 Å². The molecular formula is C34H60O10. The smallest absolute Gasteiger partial charge is 0.302 e. The van der Waals surface area contributed by atoms with Crippen molar-refractivity contribution in [3.8, 4) is 0 Å². The van der Waals surface area contributed by atoms with Gasteiger partial charge in [-0.3, -0.25) is 9.59 Å². The molecule has 6 aliphatic carbocycles. The Kier molecular flexibility index (Phi) is 11.0. The maximum absolute atomic E-state index is 11.0. The lowest BCUT2D eigenvalue weighted by atomic mass is 9.43. The van der Waals surface area contributed by atoms with E-state index in [4.69, 9.17) is 28.4 Å². The largest absolute Gasteiger partial charge is 0.466 e. The topological polar surface area (TPSA) is 130 Å². The van der Waals surface area contributed by atoms with Gasteiger partial charge in [-0.25, -0.2) is 0 Å². The van der Waals surface area contributed by atoms with E-state index < -0.39 is 23.3 Å². The number of aliphatic hydroxyl groups is 2. The van der Waals surface area contributed by atoms with Crippen LogP contribution in [0.25, 0.3) is 0 Å². The molecule has 7 aliphatic rings. The van der Waals surface area contributed by atoms with E-state index in [0.717, 1.165) is 25.2 Å². The summed E-state index contributed by atoms with van der Waals surface area (Å²) in [5.41, 5.74) is -0.981. The molecule has 0 amide bonds. The Morgan fingerprint density at radius 1 is 0.795 bits per heavy atom. The van der Waals surface area contributed by atoms with E-state index >= 15 is 0 Å². The zero-order valence-electron chi connectivity index (χ0n) is 29.3. The third kappa shape index (κ3) is 7.31. The zero-order chi connectivity index (χ0) is 33.5. The molecule has 4 bridgehead atoms.